The average Bonchev–Trinajstić information content (AvgIpc) is 2.97. The molecule has 1 amide bonds. The maximum absolute atomic E-state index is 12.6. The second-order valence-electron chi connectivity index (χ2n) is 5.69. The molecule has 0 saturated heterocycles. The molecular formula is C19H13ClINO. The Morgan fingerprint density at radius 2 is 1.83 bits per heavy atom. The van der Waals surface area contributed by atoms with Gasteiger partial charge in [-0.15, -0.1) is 0 Å². The molecule has 0 aliphatic heterocycles. The van der Waals surface area contributed by atoms with E-state index in [9.17, 15) is 4.79 Å². The molecule has 0 bridgehead atoms. The number of carbonyl (C=O) groups is 1. The smallest absolute Gasteiger partial charge is 0.257 e. The van der Waals surface area contributed by atoms with E-state index in [0.29, 0.717) is 10.6 Å². The summed E-state index contributed by atoms with van der Waals surface area (Å²) in [6.45, 7) is 0. The Morgan fingerprint density at radius 1 is 1.04 bits per heavy atom. The predicted molar refractivity (Wildman–Crippen MR) is 103 cm³/mol. The zero-order chi connectivity index (χ0) is 16.0. The molecule has 4 rings (SSSR count). The number of anilines is 1. The van der Waals surface area contributed by atoms with E-state index in [0.717, 1.165) is 27.5 Å². The van der Waals surface area contributed by atoms with Crippen LogP contribution in [0.25, 0.3) is 10.8 Å². The number of carbonyl (C=O) groups excluding carboxylic acids is 1. The number of halogens is 2. The summed E-state index contributed by atoms with van der Waals surface area (Å²) in [5.41, 5.74) is 4.07. The lowest BCUT2D eigenvalue weighted by molar-refractivity contribution is 0.102. The lowest BCUT2D eigenvalue weighted by Crippen LogP contribution is -2.13. The van der Waals surface area contributed by atoms with Crippen molar-refractivity contribution in [1.82, 2.24) is 0 Å². The van der Waals surface area contributed by atoms with Crippen LogP contribution in [0.1, 0.15) is 21.5 Å². The second-order valence-corrected chi connectivity index (χ2v) is 7.34. The van der Waals surface area contributed by atoms with Crippen molar-refractivity contribution in [3.05, 3.63) is 73.8 Å². The summed E-state index contributed by atoms with van der Waals surface area (Å²) < 4.78 is 0.984. The van der Waals surface area contributed by atoms with Gasteiger partial charge in [0.05, 0.1) is 10.6 Å². The molecule has 1 N–H and O–H groups in total. The first kappa shape index (κ1) is 15.0. The monoisotopic (exact) mass is 433 g/mol. The zero-order valence-electron chi connectivity index (χ0n) is 12.2. The first-order valence-electron chi connectivity index (χ1n) is 7.43. The van der Waals surface area contributed by atoms with Crippen LogP contribution in [0.4, 0.5) is 5.69 Å². The lowest BCUT2D eigenvalue weighted by atomic mass is 10.0. The zero-order valence-corrected chi connectivity index (χ0v) is 15.1. The van der Waals surface area contributed by atoms with Crippen LogP contribution in [0, 0.1) is 3.57 Å². The number of rotatable bonds is 2. The summed E-state index contributed by atoms with van der Waals surface area (Å²) in [7, 11) is 0. The number of hydrogen-bond acceptors (Lipinski definition) is 1. The van der Waals surface area contributed by atoms with E-state index in [1.807, 2.05) is 12.1 Å². The molecule has 0 unspecified atom stereocenters. The summed E-state index contributed by atoms with van der Waals surface area (Å²) >= 11 is 8.35. The fourth-order valence-corrected chi connectivity index (χ4v) is 3.91. The van der Waals surface area contributed by atoms with Crippen LogP contribution in [0.15, 0.2) is 48.5 Å². The van der Waals surface area contributed by atoms with Crippen molar-refractivity contribution in [1.29, 1.82) is 0 Å². The second kappa shape index (κ2) is 5.80. The fraction of sp³-hybridized carbons (Fsp3) is 0.105. The third-order valence-electron chi connectivity index (χ3n) is 4.30. The van der Waals surface area contributed by atoms with Gasteiger partial charge in [0.15, 0.2) is 0 Å². The summed E-state index contributed by atoms with van der Waals surface area (Å²) in [6.07, 6.45) is 2.15. The molecule has 0 radical (unpaired) electrons. The molecule has 0 atom stereocenters. The molecule has 3 aromatic rings. The van der Waals surface area contributed by atoms with E-state index in [1.165, 1.54) is 16.5 Å². The van der Waals surface area contributed by atoms with Gasteiger partial charge >= 0.3 is 0 Å². The van der Waals surface area contributed by atoms with Crippen molar-refractivity contribution < 1.29 is 4.79 Å². The van der Waals surface area contributed by atoms with Crippen molar-refractivity contribution in [2.45, 2.75) is 12.8 Å². The molecule has 0 fully saturated rings. The van der Waals surface area contributed by atoms with Gasteiger partial charge in [-0.3, -0.25) is 4.79 Å². The largest absolute Gasteiger partial charge is 0.321 e. The third kappa shape index (κ3) is 2.62. The quantitative estimate of drug-likeness (QED) is 0.535. The number of amides is 1. The van der Waals surface area contributed by atoms with Crippen molar-refractivity contribution in [3.8, 4) is 0 Å². The standard InChI is InChI=1S/C19H13ClINO/c20-16-8-7-13(21)10-15(16)19(23)22-17-9-6-12-5-4-11-2-1-3-14(17)18(11)12/h1-3,6-10H,4-5H2,(H,22,23). The minimum absolute atomic E-state index is 0.174. The highest BCUT2D eigenvalue weighted by molar-refractivity contribution is 14.1. The first-order chi connectivity index (χ1) is 11.1. The summed E-state index contributed by atoms with van der Waals surface area (Å²) in [6, 6.07) is 15.8. The predicted octanol–water partition coefficient (Wildman–Crippen LogP) is 5.45. The van der Waals surface area contributed by atoms with Crippen LogP contribution in [0.3, 0.4) is 0 Å². The van der Waals surface area contributed by atoms with Gasteiger partial charge < -0.3 is 5.32 Å². The third-order valence-corrected chi connectivity index (χ3v) is 5.30. The molecule has 0 spiro atoms. The van der Waals surface area contributed by atoms with Gasteiger partial charge in [0.25, 0.3) is 5.91 Å². The van der Waals surface area contributed by atoms with Gasteiger partial charge in [0, 0.05) is 14.6 Å². The summed E-state index contributed by atoms with van der Waals surface area (Å²) in [4.78, 5) is 12.6. The Hall–Kier alpha value is -1.59. The molecule has 0 aromatic heterocycles. The number of benzene rings is 3. The highest BCUT2D eigenvalue weighted by Crippen LogP contribution is 2.35. The van der Waals surface area contributed by atoms with Crippen LogP contribution in [0.5, 0.6) is 0 Å². The number of nitrogens with one attached hydrogen (secondary N) is 1. The highest BCUT2D eigenvalue weighted by Gasteiger charge is 2.18. The first-order valence-corrected chi connectivity index (χ1v) is 8.89. The maximum Gasteiger partial charge on any atom is 0.257 e. The van der Waals surface area contributed by atoms with Gasteiger partial charge in [-0.1, -0.05) is 35.9 Å². The van der Waals surface area contributed by atoms with Crippen LogP contribution < -0.4 is 5.32 Å². The molecule has 114 valence electrons. The average molecular weight is 434 g/mol. The van der Waals surface area contributed by atoms with Gasteiger partial charge in [-0.05, 0) is 76.2 Å². The van der Waals surface area contributed by atoms with Crippen LogP contribution in [0.2, 0.25) is 5.02 Å². The van der Waals surface area contributed by atoms with Crippen LogP contribution in [-0.4, -0.2) is 5.91 Å². The van der Waals surface area contributed by atoms with E-state index >= 15 is 0 Å². The Balaban J connectivity index is 1.77. The molecule has 0 heterocycles. The van der Waals surface area contributed by atoms with Gasteiger partial charge in [-0.2, -0.15) is 0 Å². The van der Waals surface area contributed by atoms with Crippen molar-refractivity contribution >= 4 is 56.6 Å². The molecule has 1 aliphatic rings. The summed E-state index contributed by atoms with van der Waals surface area (Å²) in [5.74, 6) is -0.174. The Bertz CT molecular complexity index is 941. The number of aryl methyl sites for hydroxylation is 2. The minimum Gasteiger partial charge on any atom is -0.321 e. The molecule has 4 heteroatoms. The van der Waals surface area contributed by atoms with E-state index in [1.54, 1.807) is 12.1 Å². The Labute approximate surface area is 153 Å². The lowest BCUT2D eigenvalue weighted by Gasteiger charge is -2.11. The molecule has 0 saturated carbocycles. The summed E-state index contributed by atoms with van der Waals surface area (Å²) in [5, 5.41) is 5.89. The topological polar surface area (TPSA) is 29.1 Å². The van der Waals surface area contributed by atoms with Crippen molar-refractivity contribution in [3.63, 3.8) is 0 Å². The molecule has 2 nitrogen and oxygen atoms in total. The van der Waals surface area contributed by atoms with Crippen LogP contribution in [-0.2, 0) is 12.8 Å². The van der Waals surface area contributed by atoms with Crippen molar-refractivity contribution in [2.24, 2.45) is 0 Å². The SMILES string of the molecule is O=C(Nc1ccc2c3c(cccc13)CC2)c1cc(I)ccc1Cl. The van der Waals surface area contributed by atoms with E-state index < -0.39 is 0 Å². The molecule has 3 aromatic carbocycles. The molecule has 1 aliphatic carbocycles. The van der Waals surface area contributed by atoms with Crippen molar-refractivity contribution in [2.75, 3.05) is 5.32 Å². The van der Waals surface area contributed by atoms with E-state index in [4.69, 9.17) is 11.6 Å². The molecule has 23 heavy (non-hydrogen) atoms. The van der Waals surface area contributed by atoms with E-state index in [2.05, 4.69) is 52.2 Å². The highest BCUT2D eigenvalue weighted by atomic mass is 127. The molecular weight excluding hydrogens is 421 g/mol. The van der Waals surface area contributed by atoms with Gasteiger partial charge in [0.1, 0.15) is 0 Å². The van der Waals surface area contributed by atoms with Gasteiger partial charge in [0.2, 0.25) is 0 Å². The fourth-order valence-electron chi connectivity index (χ4n) is 3.22. The maximum atomic E-state index is 12.6. The Morgan fingerprint density at radius 3 is 2.65 bits per heavy atom. The number of hydrogen-bond donors (Lipinski definition) is 1. The van der Waals surface area contributed by atoms with Gasteiger partial charge in [-0.25, -0.2) is 0 Å². The van der Waals surface area contributed by atoms with E-state index in [-0.39, 0.29) is 5.91 Å². The normalized spacial score (nSPS) is 12.6. The minimum atomic E-state index is -0.174. The Kier molecular flexibility index (Phi) is 3.77. The van der Waals surface area contributed by atoms with Crippen LogP contribution >= 0.6 is 34.2 Å².